The zero-order valence-corrected chi connectivity index (χ0v) is 30.1. The van der Waals surface area contributed by atoms with Crippen LogP contribution in [-0.2, 0) is 19.1 Å². The Kier molecular flexibility index (Phi) is 11.1. The van der Waals surface area contributed by atoms with Crippen LogP contribution in [0.25, 0.3) is 22.3 Å². The monoisotopic (exact) mass is 766 g/mol. The van der Waals surface area contributed by atoms with Gasteiger partial charge in [-0.15, -0.1) is 0 Å². The Hall–Kier alpha value is -3.21. The fraction of sp³-hybridized carbons (Fsp3) is 0.278. The molecule has 0 atom stereocenters. The summed E-state index contributed by atoms with van der Waals surface area (Å²) in [5.41, 5.74) is 2.06. The number of carbonyl (C=O) groups excluding carboxylic acids is 2. The van der Waals surface area contributed by atoms with Crippen molar-refractivity contribution >= 4 is 53.0 Å². The average molecular weight is 765 g/mol. The summed E-state index contributed by atoms with van der Waals surface area (Å²) in [6.45, 7) is 10.4. The Morgan fingerprint density at radius 2 is 0.933 bits per heavy atom. The van der Waals surface area contributed by atoms with E-state index in [-0.39, 0.29) is 13.2 Å². The van der Waals surface area contributed by atoms with Gasteiger partial charge in [0.15, 0.2) is 0 Å². The Bertz CT molecular complexity index is 1510. The van der Waals surface area contributed by atoms with Gasteiger partial charge in [-0.3, -0.25) is 0 Å². The van der Waals surface area contributed by atoms with E-state index in [4.69, 9.17) is 36.9 Å². The first-order valence-electron chi connectivity index (χ1n) is 14.4. The van der Waals surface area contributed by atoms with Gasteiger partial charge in [-0.25, -0.2) is 0 Å². The molecule has 0 aliphatic carbocycles. The molecule has 6 nitrogen and oxygen atoms in total. The summed E-state index contributed by atoms with van der Waals surface area (Å²) in [6.07, 6.45) is 0. The van der Waals surface area contributed by atoms with E-state index in [0.717, 1.165) is 29.5 Å². The zero-order chi connectivity index (χ0) is 32.8. The molecule has 0 saturated heterocycles. The predicted molar refractivity (Wildman–Crippen MR) is 183 cm³/mol. The molecule has 0 heterocycles. The number of hydrogen-bond acceptors (Lipinski definition) is 6. The summed E-state index contributed by atoms with van der Waals surface area (Å²) in [5, 5.41) is 0. The van der Waals surface area contributed by atoms with Gasteiger partial charge in [0.25, 0.3) is 0 Å². The number of hydrogen-bond donors (Lipinski definition) is 0. The standard InChI is InChI=1S/C36H38Cl2O6Te/c1-35(2,3)43-33(39)23-41-31-19-17-27(21-29(31)25-13-9-7-10-14-25)45(37,38)28-18-20-32(42-24-34(40)44-36(4,5)6)30(22-28)26-15-11-8-12-16-26/h7-22H,23-24H2,1-6H3. The summed E-state index contributed by atoms with van der Waals surface area (Å²) in [7, 11) is 14.7. The molecule has 4 rings (SSSR count). The molecule has 0 bridgehead atoms. The molecule has 4 aromatic rings. The minimum absolute atomic E-state index is 0.240. The minimum atomic E-state index is -4.01. The maximum absolute atomic E-state index is 12.4. The Balaban J connectivity index is 1.69. The van der Waals surface area contributed by atoms with Crippen LogP contribution >= 0.6 is 17.9 Å². The van der Waals surface area contributed by atoms with Gasteiger partial charge in [0.1, 0.15) is 0 Å². The molecule has 9 heteroatoms. The van der Waals surface area contributed by atoms with Gasteiger partial charge < -0.3 is 0 Å². The van der Waals surface area contributed by atoms with Crippen LogP contribution in [0.4, 0.5) is 0 Å². The maximum atomic E-state index is 12.4. The topological polar surface area (TPSA) is 71.1 Å². The first kappa shape index (κ1) is 34.7. The Morgan fingerprint density at radius 1 is 0.578 bits per heavy atom. The number of ether oxygens (including phenoxy) is 4. The van der Waals surface area contributed by atoms with Crippen LogP contribution < -0.4 is 16.7 Å². The van der Waals surface area contributed by atoms with Crippen molar-refractivity contribution in [3.63, 3.8) is 0 Å². The molecule has 238 valence electrons. The quantitative estimate of drug-likeness (QED) is 0.123. The van der Waals surface area contributed by atoms with Gasteiger partial charge in [-0.05, 0) is 0 Å². The summed E-state index contributed by atoms with van der Waals surface area (Å²) in [6, 6.07) is 30.6. The van der Waals surface area contributed by atoms with Crippen LogP contribution in [0, 0.1) is 0 Å². The molecular weight excluding hydrogens is 727 g/mol. The number of carbonyl (C=O) groups is 2. The molecule has 0 saturated carbocycles. The van der Waals surface area contributed by atoms with Crippen LogP contribution in [0.1, 0.15) is 41.5 Å². The molecule has 0 unspecified atom stereocenters. The van der Waals surface area contributed by atoms with Gasteiger partial charge in [-0.2, -0.15) is 0 Å². The molecular formula is C36H38Cl2O6Te. The number of benzene rings is 4. The van der Waals surface area contributed by atoms with E-state index in [9.17, 15) is 9.59 Å². The molecule has 0 radical (unpaired) electrons. The zero-order valence-electron chi connectivity index (χ0n) is 26.3. The van der Waals surface area contributed by atoms with Crippen molar-refractivity contribution in [3.8, 4) is 33.8 Å². The van der Waals surface area contributed by atoms with Crippen LogP contribution in [0.2, 0.25) is 0 Å². The summed E-state index contributed by atoms with van der Waals surface area (Å²) in [4.78, 5) is 24.8. The van der Waals surface area contributed by atoms with Crippen molar-refractivity contribution in [2.45, 2.75) is 52.7 Å². The van der Waals surface area contributed by atoms with E-state index in [0.29, 0.717) is 11.5 Å². The predicted octanol–water partition coefficient (Wildman–Crippen LogP) is 7.50. The first-order valence-corrected chi connectivity index (χ1v) is 22.7. The second-order valence-corrected chi connectivity index (χ2v) is 24.9. The van der Waals surface area contributed by atoms with Crippen molar-refractivity contribution in [1.29, 1.82) is 0 Å². The van der Waals surface area contributed by atoms with Gasteiger partial charge in [0, 0.05) is 0 Å². The molecule has 0 aromatic heterocycles. The second kappa shape index (κ2) is 14.5. The fourth-order valence-corrected chi connectivity index (χ4v) is 10.7. The van der Waals surface area contributed by atoms with Gasteiger partial charge in [-0.1, -0.05) is 0 Å². The third-order valence-electron chi connectivity index (χ3n) is 6.19. The van der Waals surface area contributed by atoms with E-state index >= 15 is 0 Å². The molecule has 0 N–H and O–H groups in total. The molecule has 4 aromatic carbocycles. The number of rotatable bonds is 10. The van der Waals surface area contributed by atoms with E-state index in [1.54, 1.807) is 12.1 Å². The third kappa shape index (κ3) is 9.89. The summed E-state index contributed by atoms with van der Waals surface area (Å²) >= 11 is -4.01. The number of esters is 2. The summed E-state index contributed by atoms with van der Waals surface area (Å²) in [5.74, 6) is 0.0991. The normalized spacial score (nSPS) is 12.3. The Labute approximate surface area is 276 Å². The molecule has 0 amide bonds. The molecule has 0 spiro atoms. The third-order valence-corrected chi connectivity index (χ3v) is 15.8. The van der Waals surface area contributed by atoms with Crippen molar-refractivity contribution < 1.29 is 28.5 Å². The summed E-state index contributed by atoms with van der Waals surface area (Å²) < 4.78 is 24.3. The molecule has 45 heavy (non-hydrogen) atoms. The van der Waals surface area contributed by atoms with Gasteiger partial charge in [0.05, 0.1) is 0 Å². The fourth-order valence-electron chi connectivity index (χ4n) is 4.43. The second-order valence-electron chi connectivity index (χ2n) is 12.3. The number of halogens is 2. The van der Waals surface area contributed by atoms with Crippen LogP contribution in [0.15, 0.2) is 97.1 Å². The average Bonchev–Trinajstić information content (AvgIpc) is 2.98. The Morgan fingerprint density at radius 3 is 1.27 bits per heavy atom. The SMILES string of the molecule is CC(C)(C)OC(=O)COc1ccc([Te](Cl)(Cl)c2ccc(OCC(=O)OC(C)(C)C)c(-c3ccccc3)c2)cc1-c1ccccc1. The van der Waals surface area contributed by atoms with Gasteiger partial charge in [0.2, 0.25) is 0 Å². The van der Waals surface area contributed by atoms with Crippen LogP contribution in [-0.4, -0.2) is 52.3 Å². The first-order chi connectivity index (χ1) is 21.1. The van der Waals surface area contributed by atoms with E-state index in [1.807, 2.05) is 126 Å². The van der Waals surface area contributed by atoms with Crippen molar-refractivity contribution in [2.24, 2.45) is 0 Å². The van der Waals surface area contributed by atoms with Gasteiger partial charge >= 0.3 is 278 Å². The van der Waals surface area contributed by atoms with Crippen molar-refractivity contribution in [3.05, 3.63) is 97.1 Å². The van der Waals surface area contributed by atoms with Crippen molar-refractivity contribution in [2.75, 3.05) is 13.2 Å². The van der Waals surface area contributed by atoms with E-state index in [2.05, 4.69) is 0 Å². The molecule has 0 aliphatic rings. The molecule has 0 aliphatic heterocycles. The van der Waals surface area contributed by atoms with E-state index in [1.165, 1.54) is 0 Å². The van der Waals surface area contributed by atoms with Crippen LogP contribution in [0.5, 0.6) is 11.5 Å². The van der Waals surface area contributed by atoms with Crippen molar-refractivity contribution in [1.82, 2.24) is 0 Å². The van der Waals surface area contributed by atoms with Crippen LogP contribution in [0.3, 0.4) is 0 Å². The molecule has 0 fully saturated rings. The van der Waals surface area contributed by atoms with E-state index < -0.39 is 39.1 Å².